The molecule has 7 heteroatoms. The number of anilines is 1. The van der Waals surface area contributed by atoms with Crippen LogP contribution in [0, 0.1) is 0 Å². The van der Waals surface area contributed by atoms with Crippen molar-refractivity contribution < 1.29 is 13.5 Å². The highest BCUT2D eigenvalue weighted by Gasteiger charge is 2.19. The zero-order chi connectivity index (χ0) is 15.6. The number of benzene rings is 1. The fraction of sp³-hybridized carbons (Fsp3) is 0.286. The minimum Gasteiger partial charge on any atom is -0.390 e. The van der Waals surface area contributed by atoms with Crippen molar-refractivity contribution >= 4 is 27.3 Å². The maximum atomic E-state index is 12.4. The number of nitrogens with one attached hydrogen (secondary N) is 1. The molecule has 1 aromatic heterocycles. The van der Waals surface area contributed by atoms with Crippen LogP contribution < -0.4 is 4.72 Å². The summed E-state index contributed by atoms with van der Waals surface area (Å²) >= 11 is 5.77. The quantitative estimate of drug-likeness (QED) is 0.886. The molecular weight excluding hydrogens is 312 g/mol. The molecule has 114 valence electrons. The maximum absolute atomic E-state index is 12.4. The highest BCUT2D eigenvalue weighted by Crippen LogP contribution is 2.22. The Balaban J connectivity index is 2.33. The molecule has 0 radical (unpaired) electrons. The van der Waals surface area contributed by atoms with Crippen LogP contribution in [0.4, 0.5) is 5.69 Å². The summed E-state index contributed by atoms with van der Waals surface area (Å²) in [5.74, 6) is 0. The van der Waals surface area contributed by atoms with Crippen LogP contribution in [0.2, 0.25) is 5.02 Å². The molecule has 2 rings (SSSR count). The van der Waals surface area contributed by atoms with Gasteiger partial charge in [-0.2, -0.15) is 0 Å². The van der Waals surface area contributed by atoms with E-state index in [-0.39, 0.29) is 17.5 Å². The molecule has 0 spiro atoms. The Morgan fingerprint density at radius 3 is 2.38 bits per heavy atom. The smallest absolute Gasteiger partial charge is 0.263 e. The molecule has 0 atom stereocenters. The number of halogens is 1. The summed E-state index contributed by atoms with van der Waals surface area (Å²) in [6, 6.07) is 7.93. The van der Waals surface area contributed by atoms with Gasteiger partial charge in [0, 0.05) is 28.6 Å². The van der Waals surface area contributed by atoms with Crippen molar-refractivity contribution in [3.8, 4) is 0 Å². The first-order chi connectivity index (χ1) is 9.83. The number of nitrogens with zero attached hydrogens (tertiary/aromatic N) is 1. The Labute approximate surface area is 129 Å². The van der Waals surface area contributed by atoms with Crippen LogP contribution in [0.1, 0.15) is 25.6 Å². The fourth-order valence-corrected chi connectivity index (χ4v) is 3.22. The van der Waals surface area contributed by atoms with Gasteiger partial charge in [-0.15, -0.1) is 0 Å². The average molecular weight is 329 g/mol. The van der Waals surface area contributed by atoms with Gasteiger partial charge in [0.1, 0.15) is 4.90 Å². The summed E-state index contributed by atoms with van der Waals surface area (Å²) in [5, 5.41) is 9.85. The Morgan fingerprint density at radius 1 is 1.29 bits per heavy atom. The molecule has 0 aliphatic carbocycles. The standard InChI is InChI=1S/C14H17ClN2O3S/c1-10(2)17-8-14(7-13(17)9-18)21(19,20)16-12-5-3-11(15)4-6-12/h3-8,10,16,18H,9H2,1-2H3. The molecule has 0 bridgehead atoms. The van der Waals surface area contributed by atoms with E-state index < -0.39 is 10.0 Å². The topological polar surface area (TPSA) is 71.3 Å². The van der Waals surface area contributed by atoms with E-state index in [2.05, 4.69) is 4.72 Å². The summed E-state index contributed by atoms with van der Waals surface area (Å²) in [4.78, 5) is 0.121. The maximum Gasteiger partial charge on any atom is 0.263 e. The third-order valence-corrected chi connectivity index (χ3v) is 4.63. The number of aliphatic hydroxyl groups is 1. The summed E-state index contributed by atoms with van der Waals surface area (Å²) in [6.07, 6.45) is 1.52. The van der Waals surface area contributed by atoms with Gasteiger partial charge in [0.2, 0.25) is 0 Å². The van der Waals surface area contributed by atoms with Crippen LogP contribution in [0.5, 0.6) is 0 Å². The van der Waals surface area contributed by atoms with Gasteiger partial charge in [0.15, 0.2) is 0 Å². The highest BCUT2D eigenvalue weighted by molar-refractivity contribution is 7.92. The zero-order valence-electron chi connectivity index (χ0n) is 11.7. The van der Waals surface area contributed by atoms with Crippen LogP contribution in [0.3, 0.4) is 0 Å². The Kier molecular flexibility index (Phi) is 4.61. The Bertz CT molecular complexity index is 721. The molecule has 2 N–H and O–H groups in total. The SMILES string of the molecule is CC(C)n1cc(S(=O)(=O)Nc2ccc(Cl)cc2)cc1CO. The second-order valence-corrected chi connectivity index (χ2v) is 7.06. The van der Waals surface area contributed by atoms with Crippen LogP contribution in [-0.2, 0) is 16.6 Å². The average Bonchev–Trinajstić information content (AvgIpc) is 2.86. The zero-order valence-corrected chi connectivity index (χ0v) is 13.3. The molecule has 2 aromatic rings. The number of hydrogen-bond donors (Lipinski definition) is 2. The van der Waals surface area contributed by atoms with Gasteiger partial charge < -0.3 is 9.67 Å². The van der Waals surface area contributed by atoms with Crippen molar-refractivity contribution in [2.24, 2.45) is 0 Å². The second kappa shape index (κ2) is 6.09. The van der Waals surface area contributed by atoms with Gasteiger partial charge in [-0.3, -0.25) is 4.72 Å². The predicted molar refractivity (Wildman–Crippen MR) is 83.0 cm³/mol. The molecule has 0 unspecified atom stereocenters. The lowest BCUT2D eigenvalue weighted by molar-refractivity contribution is 0.268. The Hall–Kier alpha value is -1.50. The van der Waals surface area contributed by atoms with Gasteiger partial charge in [0.05, 0.1) is 6.61 Å². The van der Waals surface area contributed by atoms with E-state index >= 15 is 0 Å². The third kappa shape index (κ3) is 3.58. The molecule has 1 aromatic carbocycles. The summed E-state index contributed by atoms with van der Waals surface area (Å²) < 4.78 is 28.9. The predicted octanol–water partition coefficient (Wildman–Crippen LogP) is 3.02. The number of sulfonamides is 1. The first kappa shape index (κ1) is 15.9. The molecule has 21 heavy (non-hydrogen) atoms. The van der Waals surface area contributed by atoms with Crippen LogP contribution >= 0.6 is 11.6 Å². The fourth-order valence-electron chi connectivity index (χ4n) is 1.98. The lowest BCUT2D eigenvalue weighted by Crippen LogP contribution is -2.12. The minimum atomic E-state index is -3.70. The normalized spacial score (nSPS) is 11.9. The lowest BCUT2D eigenvalue weighted by atomic mass is 10.3. The van der Waals surface area contributed by atoms with Crippen LogP contribution in [0.15, 0.2) is 41.4 Å². The van der Waals surface area contributed by atoms with E-state index in [1.54, 1.807) is 28.8 Å². The summed E-state index contributed by atoms with van der Waals surface area (Å²) in [6.45, 7) is 3.62. The van der Waals surface area contributed by atoms with E-state index in [9.17, 15) is 13.5 Å². The van der Waals surface area contributed by atoms with Gasteiger partial charge in [-0.25, -0.2) is 8.42 Å². The second-order valence-electron chi connectivity index (χ2n) is 4.94. The molecule has 0 aliphatic rings. The largest absolute Gasteiger partial charge is 0.390 e. The summed E-state index contributed by atoms with van der Waals surface area (Å²) in [5.41, 5.74) is 0.990. The van der Waals surface area contributed by atoms with Gasteiger partial charge in [-0.1, -0.05) is 11.6 Å². The van der Waals surface area contributed by atoms with E-state index in [0.717, 1.165) is 0 Å². The van der Waals surface area contributed by atoms with Crippen molar-refractivity contribution in [1.82, 2.24) is 4.57 Å². The number of aliphatic hydroxyl groups excluding tert-OH is 1. The van der Waals surface area contributed by atoms with Crippen LogP contribution in [0.25, 0.3) is 0 Å². The van der Waals surface area contributed by atoms with E-state index in [1.165, 1.54) is 12.3 Å². The molecule has 0 aliphatic heterocycles. The van der Waals surface area contributed by atoms with E-state index in [1.807, 2.05) is 13.8 Å². The molecular formula is C14H17ClN2O3S. The van der Waals surface area contributed by atoms with Crippen molar-refractivity contribution in [3.05, 3.63) is 47.2 Å². The van der Waals surface area contributed by atoms with Crippen LogP contribution in [-0.4, -0.2) is 18.1 Å². The van der Waals surface area contributed by atoms with Gasteiger partial charge in [-0.05, 0) is 44.2 Å². The highest BCUT2D eigenvalue weighted by atomic mass is 35.5. The van der Waals surface area contributed by atoms with E-state index in [4.69, 9.17) is 11.6 Å². The first-order valence-electron chi connectivity index (χ1n) is 6.43. The van der Waals surface area contributed by atoms with Gasteiger partial charge >= 0.3 is 0 Å². The van der Waals surface area contributed by atoms with E-state index in [0.29, 0.717) is 16.4 Å². The Morgan fingerprint density at radius 2 is 1.90 bits per heavy atom. The molecule has 0 saturated carbocycles. The minimum absolute atomic E-state index is 0.0617. The lowest BCUT2D eigenvalue weighted by Gasteiger charge is -2.10. The number of aromatic nitrogens is 1. The molecule has 0 fully saturated rings. The number of rotatable bonds is 5. The molecule has 0 amide bonds. The van der Waals surface area contributed by atoms with Crippen molar-refractivity contribution in [3.63, 3.8) is 0 Å². The third-order valence-electron chi connectivity index (χ3n) is 3.03. The molecule has 1 heterocycles. The molecule has 5 nitrogen and oxygen atoms in total. The van der Waals surface area contributed by atoms with Crippen molar-refractivity contribution in [2.45, 2.75) is 31.4 Å². The van der Waals surface area contributed by atoms with Crippen molar-refractivity contribution in [1.29, 1.82) is 0 Å². The van der Waals surface area contributed by atoms with Crippen molar-refractivity contribution in [2.75, 3.05) is 4.72 Å². The summed E-state index contributed by atoms with van der Waals surface area (Å²) in [7, 11) is -3.70. The first-order valence-corrected chi connectivity index (χ1v) is 8.29. The monoisotopic (exact) mass is 328 g/mol. The number of hydrogen-bond acceptors (Lipinski definition) is 3. The van der Waals surface area contributed by atoms with Gasteiger partial charge in [0.25, 0.3) is 10.0 Å². The molecule has 0 saturated heterocycles.